The topological polar surface area (TPSA) is 53.9 Å². The zero-order valence-electron chi connectivity index (χ0n) is 7.37. The number of hydrogen-bond acceptors (Lipinski definition) is 3. The Kier molecular flexibility index (Phi) is 2.14. The Labute approximate surface area is 76.0 Å². The largest absolute Gasteiger partial charge is 0.463 e. The SMILES string of the molecule is CNCc1ncc(-c2ccco2)[nH]1. The number of furan rings is 1. The number of nitrogens with zero attached hydrogens (tertiary/aromatic N) is 1. The molecule has 13 heavy (non-hydrogen) atoms. The lowest BCUT2D eigenvalue weighted by Gasteiger charge is -1.92. The third-order valence-corrected chi connectivity index (χ3v) is 1.76. The van der Waals surface area contributed by atoms with Gasteiger partial charge in [0.2, 0.25) is 0 Å². The van der Waals surface area contributed by atoms with E-state index in [0.29, 0.717) is 0 Å². The van der Waals surface area contributed by atoms with Crippen molar-refractivity contribution in [2.45, 2.75) is 6.54 Å². The molecule has 0 aromatic carbocycles. The lowest BCUT2D eigenvalue weighted by atomic mass is 10.4. The van der Waals surface area contributed by atoms with Gasteiger partial charge >= 0.3 is 0 Å². The highest BCUT2D eigenvalue weighted by Gasteiger charge is 2.03. The maximum Gasteiger partial charge on any atom is 0.151 e. The smallest absolute Gasteiger partial charge is 0.151 e. The zero-order valence-corrected chi connectivity index (χ0v) is 7.37. The second-order valence-corrected chi connectivity index (χ2v) is 2.75. The maximum absolute atomic E-state index is 5.22. The first-order valence-corrected chi connectivity index (χ1v) is 4.12. The highest BCUT2D eigenvalue weighted by atomic mass is 16.3. The second-order valence-electron chi connectivity index (χ2n) is 2.75. The summed E-state index contributed by atoms with van der Waals surface area (Å²) in [7, 11) is 1.88. The van der Waals surface area contributed by atoms with Crippen LogP contribution in [0.1, 0.15) is 5.82 Å². The van der Waals surface area contributed by atoms with Crippen molar-refractivity contribution in [2.75, 3.05) is 7.05 Å². The summed E-state index contributed by atoms with van der Waals surface area (Å²) >= 11 is 0. The van der Waals surface area contributed by atoms with Crippen molar-refractivity contribution in [1.82, 2.24) is 15.3 Å². The molecule has 0 unspecified atom stereocenters. The van der Waals surface area contributed by atoms with E-state index in [1.165, 1.54) is 0 Å². The Hall–Kier alpha value is -1.55. The average molecular weight is 177 g/mol. The van der Waals surface area contributed by atoms with Crippen LogP contribution in [-0.4, -0.2) is 17.0 Å². The summed E-state index contributed by atoms with van der Waals surface area (Å²) in [6.45, 7) is 0.737. The summed E-state index contributed by atoms with van der Waals surface area (Å²) in [4.78, 5) is 7.33. The van der Waals surface area contributed by atoms with Crippen LogP contribution in [0.15, 0.2) is 29.0 Å². The van der Waals surface area contributed by atoms with Crippen LogP contribution in [-0.2, 0) is 6.54 Å². The van der Waals surface area contributed by atoms with Gasteiger partial charge in [-0.2, -0.15) is 0 Å². The summed E-state index contributed by atoms with van der Waals surface area (Å²) < 4.78 is 5.22. The van der Waals surface area contributed by atoms with Crippen molar-refractivity contribution < 1.29 is 4.42 Å². The first kappa shape index (κ1) is 8.07. The minimum Gasteiger partial charge on any atom is -0.463 e. The molecule has 2 aromatic heterocycles. The summed E-state index contributed by atoms with van der Waals surface area (Å²) in [6, 6.07) is 3.75. The number of aromatic nitrogens is 2. The van der Waals surface area contributed by atoms with Gasteiger partial charge < -0.3 is 14.7 Å². The van der Waals surface area contributed by atoms with E-state index in [2.05, 4.69) is 15.3 Å². The van der Waals surface area contributed by atoms with Gasteiger partial charge in [-0.15, -0.1) is 0 Å². The number of nitrogens with one attached hydrogen (secondary N) is 2. The third kappa shape index (κ3) is 1.62. The molecule has 0 saturated heterocycles. The molecule has 0 radical (unpaired) electrons. The van der Waals surface area contributed by atoms with Gasteiger partial charge in [0, 0.05) is 0 Å². The molecule has 2 heterocycles. The summed E-state index contributed by atoms with van der Waals surface area (Å²) in [6.07, 6.45) is 3.42. The van der Waals surface area contributed by atoms with Crippen LogP contribution in [0.3, 0.4) is 0 Å². The van der Waals surface area contributed by atoms with Crippen molar-refractivity contribution in [1.29, 1.82) is 0 Å². The number of rotatable bonds is 3. The monoisotopic (exact) mass is 177 g/mol. The molecule has 0 atom stereocenters. The van der Waals surface area contributed by atoms with Gasteiger partial charge in [0.05, 0.1) is 19.0 Å². The van der Waals surface area contributed by atoms with Crippen LogP contribution in [0.2, 0.25) is 0 Å². The first-order chi connectivity index (χ1) is 6.40. The van der Waals surface area contributed by atoms with Gasteiger partial charge in [0.25, 0.3) is 0 Å². The highest BCUT2D eigenvalue weighted by molar-refractivity contribution is 5.50. The molecule has 2 aromatic rings. The first-order valence-electron chi connectivity index (χ1n) is 4.12. The third-order valence-electron chi connectivity index (χ3n) is 1.76. The number of hydrogen-bond donors (Lipinski definition) is 2. The lowest BCUT2D eigenvalue weighted by Crippen LogP contribution is -2.06. The minimum absolute atomic E-state index is 0.737. The molecule has 0 aliphatic heterocycles. The highest BCUT2D eigenvalue weighted by Crippen LogP contribution is 2.16. The average Bonchev–Trinajstić information content (AvgIpc) is 2.70. The van der Waals surface area contributed by atoms with Gasteiger partial charge in [0.1, 0.15) is 11.5 Å². The molecular formula is C9H11N3O. The van der Waals surface area contributed by atoms with E-state index >= 15 is 0 Å². The number of imidazole rings is 1. The minimum atomic E-state index is 0.737. The predicted molar refractivity (Wildman–Crippen MR) is 49.1 cm³/mol. The Bertz CT molecular complexity index is 364. The van der Waals surface area contributed by atoms with E-state index in [0.717, 1.165) is 23.8 Å². The van der Waals surface area contributed by atoms with E-state index in [9.17, 15) is 0 Å². The Balaban J connectivity index is 2.23. The Morgan fingerprint density at radius 1 is 1.62 bits per heavy atom. The van der Waals surface area contributed by atoms with Crippen LogP contribution in [0, 0.1) is 0 Å². The fourth-order valence-corrected chi connectivity index (χ4v) is 1.18. The van der Waals surface area contributed by atoms with Gasteiger partial charge in [0.15, 0.2) is 5.76 Å². The van der Waals surface area contributed by atoms with Crippen molar-refractivity contribution in [2.24, 2.45) is 0 Å². The summed E-state index contributed by atoms with van der Waals surface area (Å²) in [5.41, 5.74) is 0.912. The zero-order chi connectivity index (χ0) is 9.10. The van der Waals surface area contributed by atoms with Gasteiger partial charge in [-0.05, 0) is 19.2 Å². The molecule has 0 aliphatic carbocycles. The molecule has 0 bridgehead atoms. The molecule has 0 fully saturated rings. The van der Waals surface area contributed by atoms with Crippen LogP contribution in [0.5, 0.6) is 0 Å². The number of aromatic amines is 1. The van der Waals surface area contributed by atoms with E-state index in [1.54, 1.807) is 12.5 Å². The van der Waals surface area contributed by atoms with Crippen LogP contribution in [0.4, 0.5) is 0 Å². The van der Waals surface area contributed by atoms with Crippen LogP contribution in [0.25, 0.3) is 11.5 Å². The van der Waals surface area contributed by atoms with E-state index < -0.39 is 0 Å². The molecule has 2 N–H and O–H groups in total. The lowest BCUT2D eigenvalue weighted by molar-refractivity contribution is 0.580. The van der Waals surface area contributed by atoms with Crippen molar-refractivity contribution in [3.05, 3.63) is 30.4 Å². The summed E-state index contributed by atoms with van der Waals surface area (Å²) in [5, 5.41) is 3.02. The molecule has 0 spiro atoms. The molecule has 4 heteroatoms. The van der Waals surface area contributed by atoms with Crippen molar-refractivity contribution in [3.63, 3.8) is 0 Å². The molecule has 0 saturated carbocycles. The molecule has 0 amide bonds. The van der Waals surface area contributed by atoms with Gasteiger partial charge in [-0.1, -0.05) is 0 Å². The fraction of sp³-hybridized carbons (Fsp3) is 0.222. The predicted octanol–water partition coefficient (Wildman–Crippen LogP) is 1.39. The molecule has 4 nitrogen and oxygen atoms in total. The second kappa shape index (κ2) is 3.45. The molecular weight excluding hydrogens is 166 g/mol. The fourth-order valence-electron chi connectivity index (χ4n) is 1.18. The normalized spacial score (nSPS) is 10.5. The molecule has 2 rings (SSSR count). The van der Waals surface area contributed by atoms with Crippen molar-refractivity contribution >= 4 is 0 Å². The standard InChI is InChI=1S/C9H11N3O/c1-10-6-9-11-5-7(12-9)8-3-2-4-13-8/h2-5,10H,6H2,1H3,(H,11,12). The van der Waals surface area contributed by atoms with E-state index in [1.807, 2.05) is 19.2 Å². The molecule has 0 aliphatic rings. The van der Waals surface area contributed by atoms with Gasteiger partial charge in [-0.3, -0.25) is 0 Å². The van der Waals surface area contributed by atoms with E-state index in [-0.39, 0.29) is 0 Å². The van der Waals surface area contributed by atoms with Gasteiger partial charge in [-0.25, -0.2) is 4.98 Å². The van der Waals surface area contributed by atoms with Crippen LogP contribution >= 0.6 is 0 Å². The van der Waals surface area contributed by atoms with E-state index in [4.69, 9.17) is 4.42 Å². The van der Waals surface area contributed by atoms with Crippen molar-refractivity contribution in [3.8, 4) is 11.5 Å². The Morgan fingerprint density at radius 3 is 3.23 bits per heavy atom. The Morgan fingerprint density at radius 2 is 2.54 bits per heavy atom. The maximum atomic E-state index is 5.22. The van der Waals surface area contributed by atoms with Crippen LogP contribution < -0.4 is 5.32 Å². The summed E-state index contributed by atoms with van der Waals surface area (Å²) in [5.74, 6) is 1.73. The quantitative estimate of drug-likeness (QED) is 0.744. The molecule has 68 valence electrons. The number of H-pyrrole nitrogens is 1.